The summed E-state index contributed by atoms with van der Waals surface area (Å²) in [5.41, 5.74) is 0. The average Bonchev–Trinajstić information content (AvgIpc) is 1.90. The van der Waals surface area contributed by atoms with Crippen LogP contribution in [0.2, 0.25) is 0 Å². The normalized spacial score (nSPS) is 23.0. The summed E-state index contributed by atoms with van der Waals surface area (Å²) in [7, 11) is 0. The van der Waals surface area contributed by atoms with Crippen molar-refractivity contribution in [2.24, 2.45) is 0 Å². The quantitative estimate of drug-likeness (QED) is 0.387. The van der Waals surface area contributed by atoms with E-state index in [9.17, 15) is 0 Å². The first-order chi connectivity index (χ1) is 4.30. The van der Waals surface area contributed by atoms with Gasteiger partial charge in [0.2, 0.25) is 3.95 Å². The number of hydrogen-bond donors (Lipinski definition) is 0. The molecule has 1 rings (SSSR count). The SMILES string of the molecule is I[SiH](I)N1CCOCC1. The van der Waals surface area contributed by atoms with Crippen molar-refractivity contribution in [3.8, 4) is 0 Å². The fourth-order valence-corrected chi connectivity index (χ4v) is 4.72. The van der Waals surface area contributed by atoms with Gasteiger partial charge in [0.15, 0.2) is 0 Å². The standard InChI is InChI=1S/C4H9I2NOSi/c5-9(6)7-1-3-8-4-2-7/h9H,1-4H2. The molecular weight excluding hydrogens is 360 g/mol. The van der Waals surface area contributed by atoms with Crippen LogP contribution in [0.3, 0.4) is 0 Å². The minimum atomic E-state index is -0.559. The molecule has 2 nitrogen and oxygen atoms in total. The number of hydrogen-bond acceptors (Lipinski definition) is 2. The molecule has 0 aromatic rings. The third-order valence-corrected chi connectivity index (χ3v) is 7.12. The number of ether oxygens (including phenoxy) is 1. The Morgan fingerprint density at radius 3 is 2.11 bits per heavy atom. The van der Waals surface area contributed by atoms with Crippen molar-refractivity contribution in [3.05, 3.63) is 0 Å². The molecule has 0 N–H and O–H groups in total. The van der Waals surface area contributed by atoms with Crippen LogP contribution < -0.4 is 0 Å². The van der Waals surface area contributed by atoms with E-state index in [0.717, 1.165) is 26.3 Å². The molecule has 1 heterocycles. The highest BCUT2D eigenvalue weighted by atomic mass is 127. The average molecular weight is 369 g/mol. The van der Waals surface area contributed by atoms with Crippen molar-refractivity contribution in [2.45, 2.75) is 0 Å². The Balaban J connectivity index is 2.23. The maximum Gasteiger partial charge on any atom is 0.248 e. The molecule has 0 bridgehead atoms. The van der Waals surface area contributed by atoms with E-state index in [1.807, 2.05) is 0 Å². The number of rotatable bonds is 1. The van der Waals surface area contributed by atoms with Gasteiger partial charge < -0.3 is 9.30 Å². The lowest BCUT2D eigenvalue weighted by atomic mass is 10.5. The van der Waals surface area contributed by atoms with Gasteiger partial charge in [0.1, 0.15) is 0 Å². The molecule has 0 radical (unpaired) electrons. The van der Waals surface area contributed by atoms with Crippen LogP contribution >= 0.6 is 43.6 Å². The van der Waals surface area contributed by atoms with Gasteiger partial charge in [-0.25, -0.2) is 0 Å². The van der Waals surface area contributed by atoms with Crippen molar-refractivity contribution >= 4 is 47.5 Å². The Kier molecular flexibility index (Phi) is 4.32. The Morgan fingerprint density at radius 2 is 1.78 bits per heavy atom. The van der Waals surface area contributed by atoms with Crippen LogP contribution in [-0.4, -0.2) is 34.8 Å². The van der Waals surface area contributed by atoms with Crippen molar-refractivity contribution in [3.63, 3.8) is 0 Å². The van der Waals surface area contributed by atoms with Crippen LogP contribution in [0.25, 0.3) is 0 Å². The molecule has 1 fully saturated rings. The summed E-state index contributed by atoms with van der Waals surface area (Å²) in [5, 5.41) is 0. The monoisotopic (exact) mass is 369 g/mol. The summed E-state index contributed by atoms with van der Waals surface area (Å²) < 4.78 is 7.21. The first-order valence-electron chi connectivity index (χ1n) is 2.90. The van der Waals surface area contributed by atoms with Gasteiger partial charge in [-0.05, 0) is 0 Å². The van der Waals surface area contributed by atoms with Gasteiger partial charge in [0, 0.05) is 13.1 Å². The van der Waals surface area contributed by atoms with Crippen LogP contribution in [-0.2, 0) is 4.74 Å². The second-order valence-electron chi connectivity index (χ2n) is 1.93. The molecule has 5 heteroatoms. The highest BCUT2D eigenvalue weighted by molar-refractivity contribution is 14.3. The fourth-order valence-electron chi connectivity index (χ4n) is 0.773. The Hall–Kier alpha value is 1.60. The van der Waals surface area contributed by atoms with Gasteiger partial charge in [0.25, 0.3) is 0 Å². The smallest absolute Gasteiger partial charge is 0.248 e. The number of halogens is 2. The lowest BCUT2D eigenvalue weighted by Crippen LogP contribution is -2.40. The van der Waals surface area contributed by atoms with Crippen molar-refractivity contribution < 1.29 is 4.74 Å². The molecule has 1 aliphatic rings. The Labute approximate surface area is 82.4 Å². The van der Waals surface area contributed by atoms with Gasteiger partial charge in [0.05, 0.1) is 13.2 Å². The van der Waals surface area contributed by atoms with Gasteiger partial charge in [-0.2, -0.15) is 0 Å². The predicted molar refractivity (Wildman–Crippen MR) is 57.6 cm³/mol. The van der Waals surface area contributed by atoms with Crippen molar-refractivity contribution in [1.29, 1.82) is 0 Å². The molecule has 54 valence electrons. The van der Waals surface area contributed by atoms with E-state index in [1.54, 1.807) is 0 Å². The lowest BCUT2D eigenvalue weighted by molar-refractivity contribution is 0.0735. The molecular formula is C4H9I2NOSi. The first-order valence-corrected chi connectivity index (χ1v) is 11.8. The second-order valence-corrected chi connectivity index (χ2v) is 17.4. The molecule has 1 saturated heterocycles. The van der Waals surface area contributed by atoms with Gasteiger partial charge in [-0.3, -0.25) is 0 Å². The van der Waals surface area contributed by atoms with E-state index >= 15 is 0 Å². The van der Waals surface area contributed by atoms with Crippen LogP contribution in [0.4, 0.5) is 0 Å². The van der Waals surface area contributed by atoms with Crippen molar-refractivity contribution in [2.75, 3.05) is 26.3 Å². The van der Waals surface area contributed by atoms with Gasteiger partial charge in [-0.1, -0.05) is 43.6 Å². The van der Waals surface area contributed by atoms with E-state index in [2.05, 4.69) is 48.2 Å². The van der Waals surface area contributed by atoms with Crippen molar-refractivity contribution in [1.82, 2.24) is 4.57 Å². The summed E-state index contributed by atoms with van der Waals surface area (Å²) in [6, 6.07) is 0. The molecule has 9 heavy (non-hydrogen) atoms. The molecule has 1 aliphatic heterocycles. The Morgan fingerprint density at radius 1 is 1.22 bits per heavy atom. The third kappa shape index (κ3) is 3.00. The third-order valence-electron chi connectivity index (χ3n) is 1.32. The molecule has 0 unspecified atom stereocenters. The highest BCUT2D eigenvalue weighted by Crippen LogP contribution is 2.11. The van der Waals surface area contributed by atoms with Gasteiger partial charge in [-0.15, -0.1) is 0 Å². The zero-order valence-electron chi connectivity index (χ0n) is 5.02. The highest BCUT2D eigenvalue weighted by Gasteiger charge is 2.16. The summed E-state index contributed by atoms with van der Waals surface area (Å²) in [5.74, 6) is 0. The zero-order valence-corrected chi connectivity index (χ0v) is 10.5. The molecule has 0 aromatic heterocycles. The van der Waals surface area contributed by atoms with E-state index in [0.29, 0.717) is 0 Å². The van der Waals surface area contributed by atoms with E-state index in [4.69, 9.17) is 4.74 Å². The molecule has 0 spiro atoms. The number of nitrogens with zero attached hydrogens (tertiary/aromatic N) is 1. The largest absolute Gasteiger partial charge is 0.379 e. The predicted octanol–water partition coefficient (Wildman–Crippen LogP) is 0.906. The van der Waals surface area contributed by atoms with E-state index in [-0.39, 0.29) is 0 Å². The molecule has 0 atom stereocenters. The number of morpholine rings is 1. The van der Waals surface area contributed by atoms with Crippen LogP contribution in [0.1, 0.15) is 0 Å². The molecule has 0 aromatic carbocycles. The topological polar surface area (TPSA) is 12.5 Å². The molecule has 0 saturated carbocycles. The van der Waals surface area contributed by atoms with E-state index < -0.39 is 3.95 Å². The minimum absolute atomic E-state index is 0.559. The fraction of sp³-hybridized carbons (Fsp3) is 1.00. The first kappa shape index (κ1) is 8.69. The summed E-state index contributed by atoms with van der Waals surface area (Å²) in [6.45, 7) is 4.19. The maximum atomic E-state index is 5.22. The van der Waals surface area contributed by atoms with Crippen LogP contribution in [0.15, 0.2) is 0 Å². The van der Waals surface area contributed by atoms with Crippen LogP contribution in [0, 0.1) is 0 Å². The van der Waals surface area contributed by atoms with Gasteiger partial charge >= 0.3 is 0 Å². The minimum Gasteiger partial charge on any atom is -0.379 e. The lowest BCUT2D eigenvalue weighted by Gasteiger charge is -2.27. The van der Waals surface area contributed by atoms with Crippen LogP contribution in [0.5, 0.6) is 0 Å². The summed E-state index contributed by atoms with van der Waals surface area (Å²) >= 11 is 5.12. The zero-order chi connectivity index (χ0) is 6.69. The maximum absolute atomic E-state index is 5.22. The summed E-state index contributed by atoms with van der Waals surface area (Å²) in [4.78, 5) is 0. The molecule has 0 amide bonds. The van der Waals surface area contributed by atoms with E-state index in [1.165, 1.54) is 0 Å². The molecule has 0 aliphatic carbocycles. The summed E-state index contributed by atoms with van der Waals surface area (Å²) in [6.07, 6.45) is 0. The second kappa shape index (κ2) is 4.47. The Bertz CT molecular complexity index is 86.6.